The summed E-state index contributed by atoms with van der Waals surface area (Å²) in [5.74, 6) is 0. The molecule has 0 N–H and O–H groups in total. The molecule has 102 valence electrons. The molecule has 4 nitrogen and oxygen atoms in total. The summed E-state index contributed by atoms with van der Waals surface area (Å²) in [4.78, 5) is 15.3. The van der Waals surface area contributed by atoms with Crippen molar-refractivity contribution < 1.29 is 4.92 Å². The lowest BCUT2D eigenvalue weighted by molar-refractivity contribution is -0.385. The van der Waals surface area contributed by atoms with Crippen LogP contribution in [0.5, 0.6) is 0 Å². The van der Waals surface area contributed by atoms with E-state index in [2.05, 4.69) is 20.9 Å². The van der Waals surface area contributed by atoms with Gasteiger partial charge in [-0.25, -0.2) is 0 Å². The summed E-state index contributed by atoms with van der Waals surface area (Å²) >= 11 is 9.39. The number of aryl methyl sites for hydroxylation is 1. The van der Waals surface area contributed by atoms with Crippen LogP contribution in [0.4, 0.5) is 5.69 Å². The largest absolute Gasteiger partial charge is 0.291 e. The molecule has 1 aliphatic rings. The molecule has 2 aromatic rings. The van der Waals surface area contributed by atoms with Gasteiger partial charge in [0.15, 0.2) is 0 Å². The molecular weight excluding hydrogens is 344 g/mol. The molecular formula is C14H10BrClN2O2. The molecule has 0 fully saturated rings. The maximum Gasteiger partial charge on any atom is 0.291 e. The van der Waals surface area contributed by atoms with E-state index in [0.29, 0.717) is 12.8 Å². The Balaban J connectivity index is 2.14. The molecule has 6 heteroatoms. The van der Waals surface area contributed by atoms with Crippen LogP contribution in [0.15, 0.2) is 28.9 Å². The van der Waals surface area contributed by atoms with Crippen LogP contribution in [0.25, 0.3) is 0 Å². The molecule has 20 heavy (non-hydrogen) atoms. The lowest BCUT2D eigenvalue weighted by Gasteiger charge is -2.07. The lowest BCUT2D eigenvalue weighted by atomic mass is 10.0. The Labute approximate surface area is 129 Å². The normalized spacial score (nSPS) is 13.3. The van der Waals surface area contributed by atoms with Crippen LogP contribution >= 0.6 is 27.5 Å². The van der Waals surface area contributed by atoms with E-state index in [1.807, 2.05) is 12.1 Å². The maximum absolute atomic E-state index is 11.2. The van der Waals surface area contributed by atoms with Crippen molar-refractivity contribution in [2.45, 2.75) is 19.3 Å². The Morgan fingerprint density at radius 2 is 2.10 bits per heavy atom. The second-order valence-corrected chi connectivity index (χ2v) is 6.05. The van der Waals surface area contributed by atoms with Gasteiger partial charge < -0.3 is 0 Å². The van der Waals surface area contributed by atoms with E-state index in [1.54, 1.807) is 12.3 Å². The monoisotopic (exact) mass is 352 g/mol. The highest BCUT2D eigenvalue weighted by Gasteiger charge is 2.25. The number of aromatic nitrogens is 1. The number of hydrogen-bond donors (Lipinski definition) is 0. The number of nitro groups is 1. The molecule has 3 rings (SSSR count). The van der Waals surface area contributed by atoms with Crippen molar-refractivity contribution in [1.29, 1.82) is 0 Å². The third-order valence-electron chi connectivity index (χ3n) is 3.54. The minimum absolute atomic E-state index is 0.0380. The van der Waals surface area contributed by atoms with Gasteiger partial charge in [-0.05, 0) is 52.0 Å². The smallest absolute Gasteiger partial charge is 0.259 e. The fraction of sp³-hybridized carbons (Fsp3) is 0.214. The SMILES string of the molecule is O=[N+]([O-])c1c(Cl)ccc2c1CCc1cc(Br)cnc1C2. The number of hydrogen-bond acceptors (Lipinski definition) is 3. The highest BCUT2D eigenvalue weighted by atomic mass is 79.9. The first-order valence-corrected chi connectivity index (χ1v) is 7.31. The molecule has 0 aliphatic heterocycles. The molecule has 0 atom stereocenters. The second kappa shape index (κ2) is 5.14. The molecule has 0 radical (unpaired) electrons. The predicted molar refractivity (Wildman–Crippen MR) is 80.3 cm³/mol. The second-order valence-electron chi connectivity index (χ2n) is 4.73. The van der Waals surface area contributed by atoms with E-state index in [9.17, 15) is 10.1 Å². The van der Waals surface area contributed by atoms with Gasteiger partial charge in [0.25, 0.3) is 5.69 Å². The summed E-state index contributed by atoms with van der Waals surface area (Å²) < 4.78 is 0.926. The number of pyridine rings is 1. The van der Waals surface area contributed by atoms with Crippen LogP contribution < -0.4 is 0 Å². The van der Waals surface area contributed by atoms with Gasteiger partial charge in [-0.15, -0.1) is 0 Å². The quantitative estimate of drug-likeness (QED) is 0.573. The molecule has 0 unspecified atom stereocenters. The Kier molecular flexibility index (Phi) is 3.48. The van der Waals surface area contributed by atoms with Crippen LogP contribution in [0.1, 0.15) is 22.4 Å². The topological polar surface area (TPSA) is 56.0 Å². The zero-order valence-corrected chi connectivity index (χ0v) is 12.7. The van der Waals surface area contributed by atoms with E-state index < -0.39 is 0 Å². The lowest BCUT2D eigenvalue weighted by Crippen LogP contribution is -2.01. The third-order valence-corrected chi connectivity index (χ3v) is 4.28. The fourth-order valence-electron chi connectivity index (χ4n) is 2.62. The number of nitro benzene ring substituents is 1. The van der Waals surface area contributed by atoms with Crippen molar-refractivity contribution in [2.24, 2.45) is 0 Å². The van der Waals surface area contributed by atoms with E-state index >= 15 is 0 Å². The maximum atomic E-state index is 11.2. The first-order chi connectivity index (χ1) is 9.56. The summed E-state index contributed by atoms with van der Waals surface area (Å²) in [5.41, 5.74) is 3.81. The highest BCUT2D eigenvalue weighted by Crippen LogP contribution is 2.35. The summed E-state index contributed by atoms with van der Waals surface area (Å²) in [5, 5.41) is 11.4. The van der Waals surface area contributed by atoms with Gasteiger partial charge in [-0.3, -0.25) is 15.1 Å². The molecule has 1 aromatic carbocycles. The van der Waals surface area contributed by atoms with Crippen molar-refractivity contribution in [1.82, 2.24) is 4.98 Å². The Hall–Kier alpha value is -1.46. The Bertz CT molecular complexity index is 719. The summed E-state index contributed by atoms with van der Waals surface area (Å²) in [7, 11) is 0. The molecule has 0 saturated heterocycles. The van der Waals surface area contributed by atoms with Crippen molar-refractivity contribution in [3.8, 4) is 0 Å². The van der Waals surface area contributed by atoms with Crippen molar-refractivity contribution in [2.75, 3.05) is 0 Å². The van der Waals surface area contributed by atoms with Crippen LogP contribution in [0, 0.1) is 10.1 Å². The first-order valence-electron chi connectivity index (χ1n) is 6.14. The highest BCUT2D eigenvalue weighted by molar-refractivity contribution is 9.10. The fourth-order valence-corrected chi connectivity index (χ4v) is 3.24. The molecule has 0 saturated carbocycles. The molecule has 0 spiro atoms. The van der Waals surface area contributed by atoms with E-state index in [-0.39, 0.29) is 15.6 Å². The van der Waals surface area contributed by atoms with Gasteiger partial charge in [-0.1, -0.05) is 17.7 Å². The van der Waals surface area contributed by atoms with Gasteiger partial charge in [-0.2, -0.15) is 0 Å². The summed E-state index contributed by atoms with van der Waals surface area (Å²) in [6.45, 7) is 0. The van der Waals surface area contributed by atoms with Crippen molar-refractivity contribution in [3.63, 3.8) is 0 Å². The minimum atomic E-state index is -0.388. The molecule has 1 aromatic heterocycles. The Morgan fingerprint density at radius 3 is 2.85 bits per heavy atom. The zero-order chi connectivity index (χ0) is 14.3. The first kappa shape index (κ1) is 13.5. The van der Waals surface area contributed by atoms with E-state index in [4.69, 9.17) is 11.6 Å². The van der Waals surface area contributed by atoms with Gasteiger partial charge in [0.1, 0.15) is 5.02 Å². The van der Waals surface area contributed by atoms with E-state index in [1.165, 1.54) is 0 Å². The van der Waals surface area contributed by atoms with Crippen LogP contribution in [0.3, 0.4) is 0 Å². The van der Waals surface area contributed by atoms with Gasteiger partial charge in [0.2, 0.25) is 0 Å². The summed E-state index contributed by atoms with van der Waals surface area (Å²) in [6.07, 6.45) is 3.71. The average Bonchev–Trinajstić information content (AvgIpc) is 2.57. The molecule has 1 heterocycles. The average molecular weight is 354 g/mol. The standard InChI is InChI=1S/C14H10BrClN2O2/c15-10-5-9-1-3-11-8(6-13(9)17-7-10)2-4-12(16)14(11)18(19)20/h2,4-5,7H,1,3,6H2. The van der Waals surface area contributed by atoms with E-state index in [0.717, 1.165) is 33.3 Å². The number of rotatable bonds is 1. The minimum Gasteiger partial charge on any atom is -0.259 e. The molecule has 0 amide bonds. The van der Waals surface area contributed by atoms with Crippen molar-refractivity contribution >= 4 is 33.2 Å². The van der Waals surface area contributed by atoms with Crippen LogP contribution in [-0.4, -0.2) is 9.91 Å². The Morgan fingerprint density at radius 1 is 1.30 bits per heavy atom. The summed E-state index contributed by atoms with van der Waals surface area (Å²) in [6, 6.07) is 5.49. The number of benzene rings is 1. The van der Waals surface area contributed by atoms with Crippen LogP contribution in [-0.2, 0) is 19.3 Å². The number of nitrogens with zero attached hydrogens (tertiary/aromatic N) is 2. The molecule has 1 aliphatic carbocycles. The van der Waals surface area contributed by atoms with Gasteiger partial charge in [0, 0.05) is 28.3 Å². The zero-order valence-electron chi connectivity index (χ0n) is 10.4. The van der Waals surface area contributed by atoms with Crippen molar-refractivity contribution in [3.05, 3.63) is 66.4 Å². The molecule has 0 bridgehead atoms. The van der Waals surface area contributed by atoms with Gasteiger partial charge >= 0.3 is 0 Å². The number of halogens is 2. The predicted octanol–water partition coefficient (Wildman–Crippen LogP) is 4.10. The van der Waals surface area contributed by atoms with Crippen LogP contribution in [0.2, 0.25) is 5.02 Å². The van der Waals surface area contributed by atoms with Gasteiger partial charge in [0.05, 0.1) is 4.92 Å². The third kappa shape index (κ3) is 2.31. The number of fused-ring (bicyclic) bond motifs is 2.